The molecule has 0 spiro atoms. The van der Waals surface area contributed by atoms with Gasteiger partial charge in [0.1, 0.15) is 0 Å². The molecular weight excluding hydrogens is 326 g/mol. The number of unbranched alkanes of at least 4 members (excludes halogenated alkanes) is 3. The summed E-state index contributed by atoms with van der Waals surface area (Å²) in [5.74, 6) is 0. The molecule has 0 aliphatic heterocycles. The lowest BCUT2D eigenvalue weighted by Gasteiger charge is -2.10. The maximum atomic E-state index is 12.2. The fourth-order valence-electron chi connectivity index (χ4n) is 1.85. The van der Waals surface area contributed by atoms with Gasteiger partial charge in [-0.25, -0.2) is 13.1 Å². The van der Waals surface area contributed by atoms with Gasteiger partial charge in [-0.15, -0.1) is 0 Å². The third kappa shape index (κ3) is 5.63. The molecule has 0 fully saturated rings. The molecule has 3 nitrogen and oxygen atoms in total. The number of sulfonamides is 1. The molecule has 0 saturated carbocycles. The summed E-state index contributed by atoms with van der Waals surface area (Å²) in [7, 11) is -3.37. The van der Waals surface area contributed by atoms with Crippen molar-refractivity contribution in [2.45, 2.75) is 44.4 Å². The molecule has 0 unspecified atom stereocenters. The van der Waals surface area contributed by atoms with Crippen molar-refractivity contribution in [3.63, 3.8) is 0 Å². The number of rotatable bonds is 8. The Morgan fingerprint density at radius 1 is 1.11 bits per heavy atom. The van der Waals surface area contributed by atoms with Crippen molar-refractivity contribution < 1.29 is 8.42 Å². The smallest absolute Gasteiger partial charge is 0.211 e. The number of aryl methyl sites for hydroxylation is 2. The van der Waals surface area contributed by atoms with Crippen LogP contribution in [-0.4, -0.2) is 20.3 Å². The zero-order valence-electron chi connectivity index (χ0n) is 11.6. The van der Waals surface area contributed by atoms with Crippen LogP contribution in [0.2, 0.25) is 0 Å². The first-order valence-electron chi connectivity index (χ1n) is 6.60. The number of halogens is 1. The Labute approximate surface area is 125 Å². The minimum Gasteiger partial charge on any atom is -0.211 e. The summed E-state index contributed by atoms with van der Waals surface area (Å²) in [4.78, 5) is 0.396. The van der Waals surface area contributed by atoms with Crippen LogP contribution >= 0.6 is 15.9 Å². The topological polar surface area (TPSA) is 46.2 Å². The molecule has 19 heavy (non-hydrogen) atoms. The van der Waals surface area contributed by atoms with E-state index in [1.54, 1.807) is 6.07 Å². The van der Waals surface area contributed by atoms with Gasteiger partial charge >= 0.3 is 0 Å². The maximum absolute atomic E-state index is 12.2. The van der Waals surface area contributed by atoms with Crippen molar-refractivity contribution in [2.75, 3.05) is 11.9 Å². The van der Waals surface area contributed by atoms with E-state index in [1.165, 1.54) is 0 Å². The normalized spacial score (nSPS) is 11.7. The van der Waals surface area contributed by atoms with E-state index in [0.717, 1.165) is 42.1 Å². The Morgan fingerprint density at radius 3 is 2.47 bits per heavy atom. The van der Waals surface area contributed by atoms with E-state index < -0.39 is 10.0 Å². The quantitative estimate of drug-likeness (QED) is 0.577. The third-order valence-corrected chi connectivity index (χ3v) is 5.15. The SMILES string of the molecule is Cc1ccc(C)c(S(=O)(=O)NCCCCCCBr)c1. The average Bonchev–Trinajstić information content (AvgIpc) is 2.36. The Bertz CT molecular complexity index is 500. The van der Waals surface area contributed by atoms with Crippen LogP contribution in [0.4, 0.5) is 0 Å². The van der Waals surface area contributed by atoms with E-state index in [9.17, 15) is 8.42 Å². The summed E-state index contributed by atoms with van der Waals surface area (Å²) in [6, 6.07) is 5.50. The Kier molecular flexibility index (Phi) is 7.04. The molecule has 1 rings (SSSR count). The first-order chi connectivity index (χ1) is 8.97. The summed E-state index contributed by atoms with van der Waals surface area (Å²) < 4.78 is 27.0. The zero-order valence-corrected chi connectivity index (χ0v) is 14.0. The molecule has 5 heteroatoms. The summed E-state index contributed by atoms with van der Waals surface area (Å²) in [5, 5.41) is 1.02. The average molecular weight is 348 g/mol. The van der Waals surface area contributed by atoms with Crippen molar-refractivity contribution >= 4 is 26.0 Å². The molecule has 0 radical (unpaired) electrons. The summed E-state index contributed by atoms with van der Waals surface area (Å²) in [6.45, 7) is 4.24. The van der Waals surface area contributed by atoms with E-state index in [0.29, 0.717) is 11.4 Å². The molecule has 0 aliphatic rings. The lowest BCUT2D eigenvalue weighted by molar-refractivity contribution is 0.573. The number of hydrogen-bond donors (Lipinski definition) is 1. The van der Waals surface area contributed by atoms with Gasteiger partial charge < -0.3 is 0 Å². The highest BCUT2D eigenvalue weighted by Crippen LogP contribution is 2.16. The molecule has 1 aromatic carbocycles. The van der Waals surface area contributed by atoms with Gasteiger partial charge in [-0.2, -0.15) is 0 Å². The van der Waals surface area contributed by atoms with E-state index in [1.807, 2.05) is 26.0 Å². The van der Waals surface area contributed by atoms with Crippen LogP contribution in [-0.2, 0) is 10.0 Å². The molecule has 0 amide bonds. The van der Waals surface area contributed by atoms with Crippen molar-refractivity contribution in [2.24, 2.45) is 0 Å². The first-order valence-corrected chi connectivity index (χ1v) is 9.21. The van der Waals surface area contributed by atoms with Crippen molar-refractivity contribution in [3.8, 4) is 0 Å². The monoisotopic (exact) mass is 347 g/mol. The summed E-state index contributed by atoms with van der Waals surface area (Å²) in [6.07, 6.45) is 4.22. The maximum Gasteiger partial charge on any atom is 0.240 e. The number of hydrogen-bond acceptors (Lipinski definition) is 2. The van der Waals surface area contributed by atoms with Gasteiger partial charge in [0.15, 0.2) is 0 Å². The van der Waals surface area contributed by atoms with Crippen LogP contribution in [0.5, 0.6) is 0 Å². The van der Waals surface area contributed by atoms with Gasteiger partial charge in [-0.3, -0.25) is 0 Å². The Morgan fingerprint density at radius 2 is 1.79 bits per heavy atom. The number of nitrogens with one attached hydrogen (secondary N) is 1. The minimum atomic E-state index is -3.37. The lowest BCUT2D eigenvalue weighted by atomic mass is 10.2. The lowest BCUT2D eigenvalue weighted by Crippen LogP contribution is -2.25. The van der Waals surface area contributed by atoms with Gasteiger partial charge in [0.2, 0.25) is 10.0 Å². The Hall–Kier alpha value is -0.390. The van der Waals surface area contributed by atoms with Gasteiger partial charge in [-0.1, -0.05) is 40.9 Å². The second kappa shape index (κ2) is 8.02. The fourth-order valence-corrected chi connectivity index (χ4v) is 3.65. The first kappa shape index (κ1) is 16.7. The second-order valence-electron chi connectivity index (χ2n) is 4.77. The van der Waals surface area contributed by atoms with Crippen molar-refractivity contribution in [1.82, 2.24) is 4.72 Å². The Balaban J connectivity index is 2.54. The van der Waals surface area contributed by atoms with Crippen molar-refractivity contribution in [3.05, 3.63) is 29.3 Å². The van der Waals surface area contributed by atoms with E-state index >= 15 is 0 Å². The molecule has 0 bridgehead atoms. The molecule has 0 aromatic heterocycles. The van der Waals surface area contributed by atoms with Gasteiger partial charge in [-0.05, 0) is 43.9 Å². The standard InChI is InChI=1S/C14H22BrNO2S/c1-12-7-8-13(2)14(11-12)19(17,18)16-10-6-4-3-5-9-15/h7-8,11,16H,3-6,9-10H2,1-2H3. The molecule has 1 aromatic rings. The predicted molar refractivity (Wildman–Crippen MR) is 83.4 cm³/mol. The highest BCUT2D eigenvalue weighted by Gasteiger charge is 2.15. The molecule has 0 atom stereocenters. The highest BCUT2D eigenvalue weighted by atomic mass is 79.9. The van der Waals surface area contributed by atoms with Crippen LogP contribution in [0.3, 0.4) is 0 Å². The number of alkyl halides is 1. The molecule has 1 N–H and O–H groups in total. The third-order valence-electron chi connectivity index (χ3n) is 2.99. The van der Waals surface area contributed by atoms with Gasteiger partial charge in [0.05, 0.1) is 4.90 Å². The molecule has 0 saturated heterocycles. The number of benzene rings is 1. The van der Waals surface area contributed by atoms with Crippen LogP contribution < -0.4 is 4.72 Å². The van der Waals surface area contributed by atoms with Crippen LogP contribution in [0.25, 0.3) is 0 Å². The fraction of sp³-hybridized carbons (Fsp3) is 0.571. The van der Waals surface area contributed by atoms with Crippen molar-refractivity contribution in [1.29, 1.82) is 0 Å². The highest BCUT2D eigenvalue weighted by molar-refractivity contribution is 9.09. The van der Waals surface area contributed by atoms with Gasteiger partial charge in [0, 0.05) is 11.9 Å². The van der Waals surface area contributed by atoms with Crippen LogP contribution in [0.1, 0.15) is 36.8 Å². The van der Waals surface area contributed by atoms with E-state index in [2.05, 4.69) is 20.7 Å². The largest absolute Gasteiger partial charge is 0.240 e. The van der Waals surface area contributed by atoms with Crippen LogP contribution in [0.15, 0.2) is 23.1 Å². The molecular formula is C14H22BrNO2S. The summed E-state index contributed by atoms with van der Waals surface area (Å²) >= 11 is 3.38. The molecule has 0 aliphatic carbocycles. The predicted octanol–water partition coefficient (Wildman–Crippen LogP) is 3.54. The molecule has 0 heterocycles. The summed E-state index contributed by atoms with van der Waals surface area (Å²) in [5.41, 5.74) is 1.75. The second-order valence-corrected chi connectivity index (χ2v) is 7.30. The zero-order chi connectivity index (χ0) is 14.3. The van der Waals surface area contributed by atoms with E-state index in [4.69, 9.17) is 0 Å². The van der Waals surface area contributed by atoms with Crippen LogP contribution in [0, 0.1) is 13.8 Å². The van der Waals surface area contributed by atoms with Gasteiger partial charge in [0.25, 0.3) is 0 Å². The molecule has 108 valence electrons. The van der Waals surface area contributed by atoms with E-state index in [-0.39, 0.29) is 0 Å². The minimum absolute atomic E-state index is 0.396.